The number of rotatable bonds is 4. The number of nitrogen functional groups attached to an aromatic ring is 1. The number of ether oxygens (including phenoxy) is 1. The van der Waals surface area contributed by atoms with E-state index in [1.807, 2.05) is 4.90 Å². The first-order valence-electron chi connectivity index (χ1n) is 8.14. The molecular formula is C17H19Cl2N5O2. The molecule has 1 fully saturated rings. The first kappa shape index (κ1) is 18.5. The predicted octanol–water partition coefficient (Wildman–Crippen LogP) is 3.50. The quantitative estimate of drug-likeness (QED) is 0.764. The van der Waals surface area contributed by atoms with Gasteiger partial charge in [-0.15, -0.1) is 0 Å². The minimum Gasteiger partial charge on any atom is -0.469 e. The van der Waals surface area contributed by atoms with E-state index < -0.39 is 0 Å². The molecule has 1 aliphatic heterocycles. The van der Waals surface area contributed by atoms with Crippen molar-refractivity contribution >= 4 is 52.2 Å². The third-order valence-electron chi connectivity index (χ3n) is 4.32. The van der Waals surface area contributed by atoms with Crippen LogP contribution in [0.15, 0.2) is 24.5 Å². The van der Waals surface area contributed by atoms with Gasteiger partial charge in [0.05, 0.1) is 13.0 Å². The number of nitrogens with zero attached hydrogens (tertiary/aromatic N) is 3. The van der Waals surface area contributed by atoms with Crippen molar-refractivity contribution in [1.29, 1.82) is 0 Å². The van der Waals surface area contributed by atoms with Gasteiger partial charge in [0.15, 0.2) is 11.6 Å². The summed E-state index contributed by atoms with van der Waals surface area (Å²) in [7, 11) is 1.41. The highest BCUT2D eigenvalue weighted by Gasteiger charge is 2.27. The van der Waals surface area contributed by atoms with Crippen LogP contribution in [0.3, 0.4) is 0 Å². The molecule has 0 atom stereocenters. The van der Waals surface area contributed by atoms with Crippen LogP contribution < -0.4 is 16.0 Å². The highest BCUT2D eigenvalue weighted by atomic mass is 35.5. The molecule has 3 rings (SSSR count). The number of benzene rings is 1. The maximum atomic E-state index is 11.7. The van der Waals surface area contributed by atoms with E-state index in [4.69, 9.17) is 33.7 Å². The van der Waals surface area contributed by atoms with E-state index in [0.717, 1.165) is 0 Å². The largest absolute Gasteiger partial charge is 0.469 e. The molecule has 2 aromatic rings. The topological polar surface area (TPSA) is 93.4 Å². The zero-order valence-corrected chi connectivity index (χ0v) is 15.7. The molecule has 138 valence electrons. The molecule has 1 saturated heterocycles. The second-order valence-corrected chi connectivity index (χ2v) is 6.90. The summed E-state index contributed by atoms with van der Waals surface area (Å²) in [5.74, 6) is 0.869. The Morgan fingerprint density at radius 3 is 2.50 bits per heavy atom. The Hall–Kier alpha value is -2.25. The van der Waals surface area contributed by atoms with E-state index in [0.29, 0.717) is 59.0 Å². The molecule has 0 radical (unpaired) electrons. The smallest absolute Gasteiger partial charge is 0.308 e. The van der Waals surface area contributed by atoms with Crippen molar-refractivity contribution in [3.05, 3.63) is 34.6 Å². The summed E-state index contributed by atoms with van der Waals surface area (Å²) >= 11 is 12.1. The number of halogens is 2. The number of piperidine rings is 1. The first-order valence-corrected chi connectivity index (χ1v) is 8.90. The number of esters is 1. The Morgan fingerprint density at radius 2 is 1.88 bits per heavy atom. The molecule has 0 saturated carbocycles. The van der Waals surface area contributed by atoms with Crippen LogP contribution in [0.4, 0.5) is 23.0 Å². The van der Waals surface area contributed by atoms with E-state index in [1.54, 1.807) is 18.2 Å². The number of carbonyl (C=O) groups is 1. The Morgan fingerprint density at radius 1 is 1.23 bits per heavy atom. The minimum atomic E-state index is -0.166. The second kappa shape index (κ2) is 7.97. The third-order valence-corrected chi connectivity index (χ3v) is 4.75. The molecule has 0 spiro atoms. The number of carbonyl (C=O) groups excluding carboxylic acids is 1. The summed E-state index contributed by atoms with van der Waals surface area (Å²) in [4.78, 5) is 22.2. The first-order chi connectivity index (χ1) is 12.5. The van der Waals surface area contributed by atoms with Crippen LogP contribution in [0.1, 0.15) is 12.8 Å². The maximum Gasteiger partial charge on any atom is 0.308 e. The number of methoxy groups -OCH3 is 1. The van der Waals surface area contributed by atoms with Gasteiger partial charge in [-0.2, -0.15) is 0 Å². The number of hydrogen-bond acceptors (Lipinski definition) is 7. The van der Waals surface area contributed by atoms with Crippen LogP contribution in [-0.2, 0) is 9.53 Å². The molecule has 0 amide bonds. The molecular weight excluding hydrogens is 377 g/mol. The summed E-state index contributed by atoms with van der Waals surface area (Å²) in [5, 5.41) is 4.15. The van der Waals surface area contributed by atoms with Crippen molar-refractivity contribution < 1.29 is 9.53 Å². The SMILES string of the molecule is COC(=O)C1CCN(c2ncnc(Nc3cc(Cl)cc(Cl)c3)c2N)CC1. The highest BCUT2D eigenvalue weighted by molar-refractivity contribution is 6.35. The lowest BCUT2D eigenvalue weighted by molar-refractivity contribution is -0.146. The van der Waals surface area contributed by atoms with Gasteiger partial charge >= 0.3 is 5.97 Å². The van der Waals surface area contributed by atoms with Crippen LogP contribution in [0.25, 0.3) is 0 Å². The van der Waals surface area contributed by atoms with Gasteiger partial charge in [0.2, 0.25) is 0 Å². The molecule has 0 bridgehead atoms. The van der Waals surface area contributed by atoms with Crippen molar-refractivity contribution in [3.8, 4) is 0 Å². The number of nitrogens with one attached hydrogen (secondary N) is 1. The number of aromatic nitrogens is 2. The normalized spacial score (nSPS) is 15.0. The summed E-state index contributed by atoms with van der Waals surface area (Å²) in [6.07, 6.45) is 2.85. The molecule has 1 aliphatic rings. The van der Waals surface area contributed by atoms with Gasteiger partial charge in [-0.05, 0) is 31.0 Å². The van der Waals surface area contributed by atoms with Crippen molar-refractivity contribution in [1.82, 2.24) is 9.97 Å². The van der Waals surface area contributed by atoms with E-state index in [1.165, 1.54) is 13.4 Å². The van der Waals surface area contributed by atoms with Crippen LogP contribution in [0, 0.1) is 5.92 Å². The van der Waals surface area contributed by atoms with Gasteiger partial charge in [-0.1, -0.05) is 23.2 Å². The zero-order chi connectivity index (χ0) is 18.7. The molecule has 2 heterocycles. The van der Waals surface area contributed by atoms with Crippen LogP contribution in [-0.4, -0.2) is 36.1 Å². The minimum absolute atomic E-state index is 0.0782. The van der Waals surface area contributed by atoms with Gasteiger partial charge in [0, 0.05) is 28.8 Å². The maximum absolute atomic E-state index is 11.7. The molecule has 3 N–H and O–H groups in total. The Labute approximate surface area is 161 Å². The van der Waals surface area contributed by atoms with Gasteiger partial charge < -0.3 is 20.7 Å². The van der Waals surface area contributed by atoms with Crippen molar-refractivity contribution in [3.63, 3.8) is 0 Å². The fourth-order valence-corrected chi connectivity index (χ4v) is 3.52. The van der Waals surface area contributed by atoms with E-state index >= 15 is 0 Å². The van der Waals surface area contributed by atoms with Crippen LogP contribution in [0.5, 0.6) is 0 Å². The molecule has 1 aromatic heterocycles. The second-order valence-electron chi connectivity index (χ2n) is 6.03. The summed E-state index contributed by atoms with van der Waals surface area (Å²) in [6.45, 7) is 1.34. The lowest BCUT2D eigenvalue weighted by atomic mass is 9.97. The molecule has 9 heteroatoms. The molecule has 1 aromatic carbocycles. The Balaban J connectivity index is 1.76. The summed E-state index contributed by atoms with van der Waals surface area (Å²) < 4.78 is 4.82. The lowest BCUT2D eigenvalue weighted by Gasteiger charge is -2.32. The number of nitrogens with two attached hydrogens (primary N) is 1. The number of hydrogen-bond donors (Lipinski definition) is 2. The fraction of sp³-hybridized carbons (Fsp3) is 0.353. The average molecular weight is 396 g/mol. The van der Waals surface area contributed by atoms with E-state index in [-0.39, 0.29) is 11.9 Å². The van der Waals surface area contributed by atoms with Crippen molar-refractivity contribution in [2.45, 2.75) is 12.8 Å². The van der Waals surface area contributed by atoms with Crippen LogP contribution in [0.2, 0.25) is 10.0 Å². The molecule has 0 unspecified atom stereocenters. The summed E-state index contributed by atoms with van der Waals surface area (Å²) in [6, 6.07) is 5.11. The van der Waals surface area contributed by atoms with E-state index in [9.17, 15) is 4.79 Å². The summed E-state index contributed by atoms with van der Waals surface area (Å²) in [5.41, 5.74) is 7.39. The lowest BCUT2D eigenvalue weighted by Crippen LogP contribution is -2.37. The number of anilines is 4. The monoisotopic (exact) mass is 395 g/mol. The van der Waals surface area contributed by atoms with Crippen LogP contribution >= 0.6 is 23.2 Å². The molecule has 7 nitrogen and oxygen atoms in total. The van der Waals surface area contributed by atoms with Crippen molar-refractivity contribution in [2.75, 3.05) is 36.1 Å². The van der Waals surface area contributed by atoms with Crippen molar-refractivity contribution in [2.24, 2.45) is 5.92 Å². The zero-order valence-electron chi connectivity index (χ0n) is 14.2. The molecule has 0 aliphatic carbocycles. The van der Waals surface area contributed by atoms with Gasteiger partial charge in [-0.3, -0.25) is 4.79 Å². The fourth-order valence-electron chi connectivity index (χ4n) is 2.99. The Bertz CT molecular complexity index is 789. The van der Waals surface area contributed by atoms with E-state index in [2.05, 4.69) is 15.3 Å². The molecule has 26 heavy (non-hydrogen) atoms. The highest BCUT2D eigenvalue weighted by Crippen LogP contribution is 2.32. The van der Waals surface area contributed by atoms with Gasteiger partial charge in [0.25, 0.3) is 0 Å². The third kappa shape index (κ3) is 4.11. The standard InChI is InChI=1S/C17H19Cl2N5O2/c1-26-17(25)10-2-4-24(5-3-10)16-14(20)15(21-9-22-16)23-13-7-11(18)6-12(19)8-13/h6-10H,2-5,20H2,1H3,(H,21,22,23). The van der Waals surface area contributed by atoms with Gasteiger partial charge in [0.1, 0.15) is 12.0 Å². The average Bonchev–Trinajstić information content (AvgIpc) is 2.62. The van der Waals surface area contributed by atoms with Gasteiger partial charge in [-0.25, -0.2) is 9.97 Å². The predicted molar refractivity (Wildman–Crippen MR) is 103 cm³/mol. The Kier molecular flexibility index (Phi) is 5.68.